The number of aromatic nitrogens is 1. The second-order valence-electron chi connectivity index (χ2n) is 8.46. The molecule has 0 spiro atoms. The zero-order valence-electron chi connectivity index (χ0n) is 16.5. The summed E-state index contributed by atoms with van der Waals surface area (Å²) in [5.41, 5.74) is 0.495. The Bertz CT molecular complexity index is 637. The molecule has 1 aromatic rings. The third-order valence-corrected chi connectivity index (χ3v) is 4.45. The third-order valence-electron chi connectivity index (χ3n) is 4.45. The van der Waals surface area contributed by atoms with Gasteiger partial charge in [-0.05, 0) is 61.0 Å². The van der Waals surface area contributed by atoms with E-state index in [1.807, 2.05) is 61.5 Å². The fourth-order valence-corrected chi connectivity index (χ4v) is 2.42. The van der Waals surface area contributed by atoms with Crippen LogP contribution in [0.25, 0.3) is 0 Å². The van der Waals surface area contributed by atoms with Crippen molar-refractivity contribution in [3.8, 4) is 0 Å². The zero-order chi connectivity index (χ0) is 19.0. The van der Waals surface area contributed by atoms with Crippen molar-refractivity contribution in [3.63, 3.8) is 0 Å². The molecule has 0 bridgehead atoms. The lowest BCUT2D eigenvalue weighted by atomic mass is 9.80. The van der Waals surface area contributed by atoms with E-state index in [2.05, 4.69) is 10.3 Å². The molecule has 0 atom stereocenters. The van der Waals surface area contributed by atoms with Gasteiger partial charge in [0.25, 0.3) is 0 Å². The lowest BCUT2D eigenvalue weighted by molar-refractivity contribution is -0.152. The van der Waals surface area contributed by atoms with Crippen LogP contribution in [0.2, 0.25) is 0 Å². The average Bonchev–Trinajstić information content (AvgIpc) is 2.64. The molecule has 0 aromatic carbocycles. The predicted molar refractivity (Wildman–Crippen MR) is 99.0 cm³/mol. The molecule has 1 aliphatic heterocycles. The van der Waals surface area contributed by atoms with Gasteiger partial charge in [-0.3, -0.25) is 4.79 Å². The molecule has 7 heteroatoms. The Morgan fingerprint density at radius 2 is 1.80 bits per heavy atom. The largest absolute Gasteiger partial charge is 0.496 e. The summed E-state index contributed by atoms with van der Waals surface area (Å²) >= 11 is 0. The Kier molecular flexibility index (Phi) is 5.22. The minimum atomic E-state index is -0.498. The third kappa shape index (κ3) is 4.73. The SMILES string of the molecule is Cc1cc(B2OC(C)(C)C(C)(C)O2)cnc1NCC(=O)OC(C)(C)C. The van der Waals surface area contributed by atoms with Crippen molar-refractivity contribution < 1.29 is 18.8 Å². The highest BCUT2D eigenvalue weighted by atomic mass is 16.7. The zero-order valence-corrected chi connectivity index (χ0v) is 16.5. The number of nitrogens with one attached hydrogen (secondary N) is 1. The van der Waals surface area contributed by atoms with E-state index in [-0.39, 0.29) is 23.7 Å². The maximum atomic E-state index is 11.8. The van der Waals surface area contributed by atoms with Crippen molar-refractivity contribution >= 4 is 24.4 Å². The quantitative estimate of drug-likeness (QED) is 0.666. The Labute approximate surface area is 150 Å². The molecule has 2 heterocycles. The maximum Gasteiger partial charge on any atom is 0.496 e. The minimum Gasteiger partial charge on any atom is -0.459 e. The number of nitrogens with zero attached hydrogens (tertiary/aromatic N) is 1. The van der Waals surface area contributed by atoms with E-state index in [0.29, 0.717) is 5.82 Å². The number of esters is 1. The molecule has 25 heavy (non-hydrogen) atoms. The molecule has 0 saturated carbocycles. The van der Waals surface area contributed by atoms with Gasteiger partial charge in [-0.25, -0.2) is 4.98 Å². The lowest BCUT2D eigenvalue weighted by Gasteiger charge is -2.32. The van der Waals surface area contributed by atoms with Gasteiger partial charge in [-0.2, -0.15) is 0 Å². The Morgan fingerprint density at radius 1 is 1.24 bits per heavy atom. The summed E-state index contributed by atoms with van der Waals surface area (Å²) in [4.78, 5) is 16.2. The Morgan fingerprint density at radius 3 is 2.28 bits per heavy atom. The van der Waals surface area contributed by atoms with Gasteiger partial charge >= 0.3 is 13.1 Å². The highest BCUT2D eigenvalue weighted by Crippen LogP contribution is 2.36. The molecule has 1 N–H and O–H groups in total. The van der Waals surface area contributed by atoms with Gasteiger partial charge in [0.1, 0.15) is 18.0 Å². The van der Waals surface area contributed by atoms with Crippen LogP contribution < -0.4 is 10.8 Å². The molecule has 0 amide bonds. The number of pyridine rings is 1. The summed E-state index contributed by atoms with van der Waals surface area (Å²) in [7, 11) is -0.448. The molecule has 0 aliphatic carbocycles. The molecule has 1 aliphatic rings. The fraction of sp³-hybridized carbons (Fsp3) is 0.667. The van der Waals surface area contributed by atoms with E-state index in [0.717, 1.165) is 11.0 Å². The molecule has 1 saturated heterocycles. The second kappa shape index (κ2) is 6.61. The number of anilines is 1. The summed E-state index contributed by atoms with van der Waals surface area (Å²) < 4.78 is 17.4. The number of carbonyl (C=O) groups excluding carboxylic acids is 1. The first-order valence-corrected chi connectivity index (χ1v) is 8.59. The number of aryl methyl sites for hydroxylation is 1. The minimum absolute atomic E-state index is 0.0704. The summed E-state index contributed by atoms with van der Waals surface area (Å²) in [6.45, 7) is 15.6. The molecule has 0 radical (unpaired) electrons. The summed E-state index contributed by atoms with van der Waals surface area (Å²) in [6.07, 6.45) is 1.71. The first-order valence-electron chi connectivity index (χ1n) is 8.59. The number of rotatable bonds is 4. The van der Waals surface area contributed by atoms with Crippen LogP contribution in [0.15, 0.2) is 12.3 Å². The van der Waals surface area contributed by atoms with Crippen molar-refractivity contribution in [2.24, 2.45) is 0 Å². The molecular formula is C18H29BN2O4. The number of hydrogen-bond donors (Lipinski definition) is 1. The maximum absolute atomic E-state index is 11.8. The summed E-state index contributed by atoms with van der Waals surface area (Å²) in [6, 6.07) is 1.96. The van der Waals surface area contributed by atoms with Crippen molar-refractivity contribution in [1.82, 2.24) is 4.98 Å². The van der Waals surface area contributed by atoms with E-state index in [1.54, 1.807) is 6.20 Å². The van der Waals surface area contributed by atoms with Crippen LogP contribution in [-0.2, 0) is 18.8 Å². The number of ether oxygens (including phenoxy) is 1. The first-order chi connectivity index (χ1) is 11.3. The van der Waals surface area contributed by atoms with Gasteiger partial charge in [-0.15, -0.1) is 0 Å². The predicted octanol–water partition coefficient (Wildman–Crippen LogP) is 2.44. The van der Waals surface area contributed by atoms with Crippen LogP contribution >= 0.6 is 0 Å². The highest BCUT2D eigenvalue weighted by molar-refractivity contribution is 6.62. The van der Waals surface area contributed by atoms with Crippen LogP contribution in [0.5, 0.6) is 0 Å². The first kappa shape index (κ1) is 19.7. The average molecular weight is 348 g/mol. The van der Waals surface area contributed by atoms with Crippen molar-refractivity contribution in [2.45, 2.75) is 72.2 Å². The van der Waals surface area contributed by atoms with Crippen LogP contribution in [0.4, 0.5) is 5.82 Å². The van der Waals surface area contributed by atoms with E-state index in [9.17, 15) is 4.79 Å². The van der Waals surface area contributed by atoms with E-state index in [1.165, 1.54) is 0 Å². The highest BCUT2D eigenvalue weighted by Gasteiger charge is 2.51. The molecule has 2 rings (SSSR count). The molecule has 0 unspecified atom stereocenters. The molecule has 1 aromatic heterocycles. The normalized spacial score (nSPS) is 19.0. The Balaban J connectivity index is 2.03. The summed E-state index contributed by atoms with van der Waals surface area (Å²) in [5, 5.41) is 3.02. The summed E-state index contributed by atoms with van der Waals surface area (Å²) in [5.74, 6) is 0.329. The van der Waals surface area contributed by atoms with Gasteiger partial charge in [-0.1, -0.05) is 6.07 Å². The molecule has 1 fully saturated rings. The van der Waals surface area contributed by atoms with Gasteiger partial charge in [0, 0.05) is 11.7 Å². The van der Waals surface area contributed by atoms with Crippen LogP contribution in [0.3, 0.4) is 0 Å². The smallest absolute Gasteiger partial charge is 0.459 e. The van der Waals surface area contributed by atoms with E-state index >= 15 is 0 Å². The van der Waals surface area contributed by atoms with Gasteiger partial charge < -0.3 is 19.4 Å². The monoisotopic (exact) mass is 348 g/mol. The van der Waals surface area contributed by atoms with Crippen LogP contribution in [0, 0.1) is 6.92 Å². The van der Waals surface area contributed by atoms with E-state index < -0.39 is 12.7 Å². The van der Waals surface area contributed by atoms with Gasteiger partial charge in [0.15, 0.2) is 0 Å². The van der Waals surface area contributed by atoms with Crippen molar-refractivity contribution in [2.75, 3.05) is 11.9 Å². The number of hydrogen-bond acceptors (Lipinski definition) is 6. The van der Waals surface area contributed by atoms with Crippen LogP contribution in [-0.4, -0.2) is 41.4 Å². The topological polar surface area (TPSA) is 69.7 Å². The lowest BCUT2D eigenvalue weighted by Crippen LogP contribution is -2.41. The molecular weight excluding hydrogens is 319 g/mol. The van der Waals surface area contributed by atoms with Crippen molar-refractivity contribution in [1.29, 1.82) is 0 Å². The van der Waals surface area contributed by atoms with E-state index in [4.69, 9.17) is 14.0 Å². The fourth-order valence-electron chi connectivity index (χ4n) is 2.42. The van der Waals surface area contributed by atoms with Gasteiger partial charge in [0.2, 0.25) is 0 Å². The van der Waals surface area contributed by atoms with Crippen molar-refractivity contribution in [3.05, 3.63) is 17.8 Å². The number of carbonyl (C=O) groups is 1. The molecule has 138 valence electrons. The van der Waals surface area contributed by atoms with Crippen LogP contribution in [0.1, 0.15) is 54.0 Å². The standard InChI is InChI=1S/C18H29BN2O4/c1-12-9-13(19-24-17(5,6)18(7,8)25-19)10-20-15(12)21-11-14(22)23-16(2,3)4/h9-10H,11H2,1-8H3,(H,20,21). The molecule has 6 nitrogen and oxygen atoms in total. The van der Waals surface area contributed by atoms with Gasteiger partial charge in [0.05, 0.1) is 11.2 Å². The Hall–Kier alpha value is -1.60. The second-order valence-corrected chi connectivity index (χ2v) is 8.46.